The topological polar surface area (TPSA) is 46.5 Å². The number of phenolic OH excluding ortho intramolecular Hbond substituents is 1. The minimum atomic E-state index is -0.148. The van der Waals surface area contributed by atoms with Gasteiger partial charge in [-0.1, -0.05) is 45.1 Å². The standard InChI is InChI=1S/C19H28O3/c1-4-6-7-8-9-10-12-22-19-14-18(21)17(15(3)20)13-16(19)11-5-2/h5,13-14,21H,2,4,6-12H2,1,3H3. The third-order valence-corrected chi connectivity index (χ3v) is 3.68. The molecule has 0 heterocycles. The molecule has 1 aromatic rings. The minimum absolute atomic E-state index is 0.0155. The van der Waals surface area contributed by atoms with Gasteiger partial charge in [0.15, 0.2) is 5.78 Å². The minimum Gasteiger partial charge on any atom is -0.507 e. The molecule has 0 radical (unpaired) electrons. The summed E-state index contributed by atoms with van der Waals surface area (Å²) in [6.07, 6.45) is 9.63. The Morgan fingerprint density at radius 2 is 1.91 bits per heavy atom. The molecule has 122 valence electrons. The van der Waals surface area contributed by atoms with Crippen LogP contribution in [0.3, 0.4) is 0 Å². The number of hydrogen-bond donors (Lipinski definition) is 1. The van der Waals surface area contributed by atoms with Crippen molar-refractivity contribution in [3.63, 3.8) is 0 Å². The molecule has 0 saturated carbocycles. The first kappa shape index (κ1) is 18.3. The van der Waals surface area contributed by atoms with Crippen LogP contribution in [0.15, 0.2) is 24.8 Å². The maximum Gasteiger partial charge on any atom is 0.163 e. The molecule has 0 saturated heterocycles. The lowest BCUT2D eigenvalue weighted by Gasteiger charge is -2.13. The van der Waals surface area contributed by atoms with Gasteiger partial charge in [0, 0.05) is 6.07 Å². The molecule has 1 N–H and O–H groups in total. The highest BCUT2D eigenvalue weighted by Crippen LogP contribution is 2.29. The molecule has 0 aliphatic carbocycles. The van der Waals surface area contributed by atoms with Crippen molar-refractivity contribution in [1.29, 1.82) is 0 Å². The Bertz CT molecular complexity index is 492. The lowest BCUT2D eigenvalue weighted by molar-refractivity contribution is 0.101. The second-order valence-corrected chi connectivity index (χ2v) is 5.64. The number of carbonyl (C=O) groups excluding carboxylic acids is 1. The maximum atomic E-state index is 11.5. The van der Waals surface area contributed by atoms with E-state index in [0.29, 0.717) is 24.3 Å². The van der Waals surface area contributed by atoms with E-state index in [-0.39, 0.29) is 11.5 Å². The van der Waals surface area contributed by atoms with E-state index in [1.54, 1.807) is 18.2 Å². The largest absolute Gasteiger partial charge is 0.507 e. The van der Waals surface area contributed by atoms with Crippen molar-refractivity contribution < 1.29 is 14.6 Å². The zero-order valence-corrected chi connectivity index (χ0v) is 13.9. The van der Waals surface area contributed by atoms with Gasteiger partial charge >= 0.3 is 0 Å². The molecule has 3 nitrogen and oxygen atoms in total. The number of allylic oxidation sites excluding steroid dienone is 1. The molecular weight excluding hydrogens is 276 g/mol. The molecular formula is C19H28O3. The van der Waals surface area contributed by atoms with E-state index in [9.17, 15) is 9.90 Å². The van der Waals surface area contributed by atoms with Crippen molar-refractivity contribution in [2.45, 2.75) is 58.8 Å². The number of rotatable bonds is 11. The van der Waals surface area contributed by atoms with Crippen molar-refractivity contribution in [3.8, 4) is 11.5 Å². The van der Waals surface area contributed by atoms with Crippen molar-refractivity contribution in [1.82, 2.24) is 0 Å². The van der Waals surface area contributed by atoms with Crippen LogP contribution in [-0.2, 0) is 6.42 Å². The van der Waals surface area contributed by atoms with Gasteiger partial charge in [0.05, 0.1) is 12.2 Å². The van der Waals surface area contributed by atoms with E-state index in [1.165, 1.54) is 32.6 Å². The summed E-state index contributed by atoms with van der Waals surface area (Å²) < 4.78 is 5.79. The van der Waals surface area contributed by atoms with Crippen LogP contribution >= 0.6 is 0 Å². The van der Waals surface area contributed by atoms with Crippen LogP contribution in [0.25, 0.3) is 0 Å². The molecule has 0 aliphatic heterocycles. The molecule has 22 heavy (non-hydrogen) atoms. The number of aromatic hydroxyl groups is 1. The summed E-state index contributed by atoms with van der Waals surface area (Å²) in [4.78, 5) is 11.5. The highest BCUT2D eigenvalue weighted by molar-refractivity contribution is 5.97. The van der Waals surface area contributed by atoms with Crippen LogP contribution in [-0.4, -0.2) is 17.5 Å². The van der Waals surface area contributed by atoms with Crippen molar-refractivity contribution in [2.75, 3.05) is 6.61 Å². The number of phenols is 1. The van der Waals surface area contributed by atoms with Crippen molar-refractivity contribution in [3.05, 3.63) is 35.9 Å². The van der Waals surface area contributed by atoms with Gasteiger partial charge in [0.2, 0.25) is 0 Å². The SMILES string of the molecule is C=CCc1cc(C(C)=O)c(O)cc1OCCCCCCCC. The molecule has 0 aromatic heterocycles. The summed E-state index contributed by atoms with van der Waals surface area (Å²) >= 11 is 0. The van der Waals surface area contributed by atoms with E-state index < -0.39 is 0 Å². The molecule has 1 aromatic carbocycles. The van der Waals surface area contributed by atoms with E-state index in [4.69, 9.17) is 4.74 Å². The highest BCUT2D eigenvalue weighted by Gasteiger charge is 2.12. The second kappa shape index (κ2) is 10.0. The van der Waals surface area contributed by atoms with Gasteiger partial charge in [0.1, 0.15) is 11.5 Å². The lowest BCUT2D eigenvalue weighted by Crippen LogP contribution is -2.03. The number of carbonyl (C=O) groups is 1. The summed E-state index contributed by atoms with van der Waals surface area (Å²) in [5.41, 5.74) is 1.23. The third kappa shape index (κ3) is 5.92. The van der Waals surface area contributed by atoms with Crippen molar-refractivity contribution in [2.24, 2.45) is 0 Å². The van der Waals surface area contributed by atoms with E-state index in [1.807, 2.05) is 0 Å². The number of benzene rings is 1. The van der Waals surface area contributed by atoms with Crippen LogP contribution < -0.4 is 4.74 Å². The fourth-order valence-corrected chi connectivity index (χ4v) is 2.41. The summed E-state index contributed by atoms with van der Waals surface area (Å²) in [5.74, 6) is 0.486. The Labute approximate surface area is 134 Å². The molecule has 3 heteroatoms. The fraction of sp³-hybridized carbons (Fsp3) is 0.526. The van der Waals surface area contributed by atoms with E-state index in [0.717, 1.165) is 18.4 Å². The summed E-state index contributed by atoms with van der Waals surface area (Å²) in [7, 11) is 0. The summed E-state index contributed by atoms with van der Waals surface area (Å²) in [5, 5.41) is 9.93. The Balaban J connectivity index is 2.59. The molecule has 0 unspecified atom stereocenters. The number of Topliss-reactive ketones (excluding diaryl/α,β-unsaturated/α-hetero) is 1. The molecule has 0 fully saturated rings. The van der Waals surface area contributed by atoms with Crippen molar-refractivity contribution >= 4 is 5.78 Å². The van der Waals surface area contributed by atoms with E-state index >= 15 is 0 Å². The fourth-order valence-electron chi connectivity index (χ4n) is 2.41. The average Bonchev–Trinajstić information content (AvgIpc) is 2.48. The Hall–Kier alpha value is -1.77. The Morgan fingerprint density at radius 1 is 1.23 bits per heavy atom. The molecule has 0 amide bonds. The average molecular weight is 304 g/mol. The normalized spacial score (nSPS) is 10.5. The summed E-state index contributed by atoms with van der Waals surface area (Å²) in [6, 6.07) is 3.25. The quantitative estimate of drug-likeness (QED) is 0.353. The van der Waals surface area contributed by atoms with Crippen LogP contribution in [0.2, 0.25) is 0 Å². The molecule has 0 bridgehead atoms. The first-order valence-corrected chi connectivity index (χ1v) is 8.20. The third-order valence-electron chi connectivity index (χ3n) is 3.68. The van der Waals surface area contributed by atoms with Gasteiger partial charge in [-0.25, -0.2) is 0 Å². The Morgan fingerprint density at radius 3 is 2.55 bits per heavy atom. The second-order valence-electron chi connectivity index (χ2n) is 5.64. The van der Waals surface area contributed by atoms with Gasteiger partial charge in [-0.05, 0) is 31.4 Å². The van der Waals surface area contributed by atoms with Crippen LogP contribution in [0, 0.1) is 0 Å². The number of hydrogen-bond acceptors (Lipinski definition) is 3. The lowest BCUT2D eigenvalue weighted by atomic mass is 10.0. The maximum absolute atomic E-state index is 11.5. The van der Waals surface area contributed by atoms with Gasteiger partial charge in [-0.3, -0.25) is 4.79 Å². The Kier molecular flexibility index (Phi) is 8.34. The monoisotopic (exact) mass is 304 g/mol. The van der Waals surface area contributed by atoms with Gasteiger partial charge in [0.25, 0.3) is 0 Å². The highest BCUT2D eigenvalue weighted by atomic mass is 16.5. The first-order valence-electron chi connectivity index (χ1n) is 8.20. The number of ether oxygens (including phenoxy) is 1. The smallest absolute Gasteiger partial charge is 0.163 e. The first-order chi connectivity index (χ1) is 10.6. The molecule has 0 aliphatic rings. The predicted molar refractivity (Wildman–Crippen MR) is 90.9 cm³/mol. The predicted octanol–water partition coefficient (Wildman–Crippen LogP) is 5.06. The van der Waals surface area contributed by atoms with Gasteiger partial charge in [-0.15, -0.1) is 6.58 Å². The van der Waals surface area contributed by atoms with Crippen LogP contribution in [0.5, 0.6) is 11.5 Å². The molecule has 0 atom stereocenters. The number of unbranched alkanes of at least 4 members (excludes halogenated alkanes) is 5. The molecule has 0 spiro atoms. The number of ketones is 1. The van der Waals surface area contributed by atoms with Gasteiger partial charge < -0.3 is 9.84 Å². The van der Waals surface area contributed by atoms with Crippen LogP contribution in [0.4, 0.5) is 0 Å². The van der Waals surface area contributed by atoms with E-state index in [2.05, 4.69) is 13.5 Å². The zero-order chi connectivity index (χ0) is 16.4. The van der Waals surface area contributed by atoms with Crippen LogP contribution in [0.1, 0.15) is 68.3 Å². The molecule has 1 rings (SSSR count). The zero-order valence-electron chi connectivity index (χ0n) is 13.9. The summed E-state index contributed by atoms with van der Waals surface area (Å²) in [6.45, 7) is 8.02. The van der Waals surface area contributed by atoms with Gasteiger partial charge in [-0.2, -0.15) is 0 Å².